The van der Waals surface area contributed by atoms with Gasteiger partial charge in [0.05, 0.1) is 24.6 Å². The van der Waals surface area contributed by atoms with E-state index in [0.29, 0.717) is 11.6 Å². The van der Waals surface area contributed by atoms with Crippen molar-refractivity contribution in [1.82, 2.24) is 0 Å². The third-order valence-electron chi connectivity index (χ3n) is 9.66. The van der Waals surface area contributed by atoms with E-state index in [-0.39, 0.29) is 29.4 Å². The predicted octanol–water partition coefficient (Wildman–Crippen LogP) is 8.60. The molecule has 1 saturated carbocycles. The summed E-state index contributed by atoms with van der Waals surface area (Å²) in [5.74, 6) is 0.601. The number of anilines is 1. The standard InChI is InChI=1S/C39H42N2O3/c1-27-20-25-33(39(2,3)30-16-10-6-11-17-30)34(26-27)44-38(42)35-36(28-21-23-32(43-4)24-22-28)40-41(31-18-12-7-13-19-31)37(35)29-14-8-5-9-15-29/h5-19,21-24,27,33-35,37H,20,25-26H2,1-4H3/t27-,33-,34-,35-,37+/m1/s1. The van der Waals surface area contributed by atoms with Crippen LogP contribution in [-0.4, -0.2) is 24.9 Å². The Morgan fingerprint density at radius 2 is 1.43 bits per heavy atom. The highest BCUT2D eigenvalue weighted by molar-refractivity contribution is 6.14. The summed E-state index contributed by atoms with van der Waals surface area (Å²) >= 11 is 0. The number of hydrogen-bond donors (Lipinski definition) is 0. The van der Waals surface area contributed by atoms with E-state index in [2.05, 4.69) is 63.2 Å². The van der Waals surface area contributed by atoms with Crippen molar-refractivity contribution in [1.29, 1.82) is 0 Å². The van der Waals surface area contributed by atoms with Gasteiger partial charge >= 0.3 is 5.97 Å². The van der Waals surface area contributed by atoms with Crippen molar-refractivity contribution in [2.75, 3.05) is 12.1 Å². The van der Waals surface area contributed by atoms with E-state index in [4.69, 9.17) is 14.6 Å². The molecule has 0 radical (unpaired) electrons. The molecule has 0 N–H and O–H groups in total. The number of carbonyl (C=O) groups is 1. The molecule has 1 aliphatic carbocycles. The minimum atomic E-state index is -0.622. The zero-order chi connectivity index (χ0) is 30.7. The van der Waals surface area contributed by atoms with E-state index in [1.54, 1.807) is 7.11 Å². The molecule has 0 unspecified atom stereocenters. The van der Waals surface area contributed by atoms with Crippen molar-refractivity contribution in [3.8, 4) is 5.75 Å². The minimum Gasteiger partial charge on any atom is -0.497 e. The van der Waals surface area contributed by atoms with Crippen molar-refractivity contribution in [2.45, 2.75) is 57.6 Å². The van der Waals surface area contributed by atoms with Crippen molar-refractivity contribution in [3.63, 3.8) is 0 Å². The first kappa shape index (κ1) is 29.7. The Balaban J connectivity index is 1.41. The van der Waals surface area contributed by atoms with Crippen LogP contribution in [0.25, 0.3) is 0 Å². The number of hydrogen-bond acceptors (Lipinski definition) is 5. The molecular formula is C39H42N2O3. The fourth-order valence-electron chi connectivity index (χ4n) is 7.14. The van der Waals surface area contributed by atoms with Crippen LogP contribution in [0.4, 0.5) is 5.69 Å². The average Bonchev–Trinajstić information content (AvgIpc) is 3.47. The third-order valence-corrected chi connectivity index (χ3v) is 9.66. The molecule has 0 amide bonds. The van der Waals surface area contributed by atoms with E-state index in [9.17, 15) is 4.79 Å². The zero-order valence-electron chi connectivity index (χ0n) is 26.1. The van der Waals surface area contributed by atoms with Crippen LogP contribution in [0.2, 0.25) is 0 Å². The second-order valence-electron chi connectivity index (χ2n) is 12.8. The number of nitrogens with zero attached hydrogens (tertiary/aromatic N) is 2. The molecule has 5 atom stereocenters. The molecule has 0 aromatic heterocycles. The normalized spacial score (nSPS) is 23.6. The maximum Gasteiger partial charge on any atom is 0.317 e. The molecule has 1 heterocycles. The van der Waals surface area contributed by atoms with Crippen LogP contribution >= 0.6 is 0 Å². The van der Waals surface area contributed by atoms with E-state index in [1.165, 1.54) is 5.56 Å². The molecule has 2 aliphatic rings. The van der Waals surface area contributed by atoms with Crippen LogP contribution in [0.3, 0.4) is 0 Å². The second-order valence-corrected chi connectivity index (χ2v) is 12.8. The van der Waals surface area contributed by atoms with Crippen LogP contribution in [0.15, 0.2) is 120 Å². The highest BCUT2D eigenvalue weighted by Gasteiger charge is 2.48. The van der Waals surface area contributed by atoms with Gasteiger partial charge in [0, 0.05) is 5.92 Å². The van der Waals surface area contributed by atoms with Gasteiger partial charge in [-0.15, -0.1) is 0 Å². The first-order valence-corrected chi connectivity index (χ1v) is 15.7. The minimum absolute atomic E-state index is 0.149. The van der Waals surface area contributed by atoms with Crippen molar-refractivity contribution in [2.24, 2.45) is 22.9 Å². The summed E-state index contributed by atoms with van der Waals surface area (Å²) < 4.78 is 12.2. The summed E-state index contributed by atoms with van der Waals surface area (Å²) in [7, 11) is 1.66. The monoisotopic (exact) mass is 586 g/mol. The van der Waals surface area contributed by atoms with Gasteiger partial charge in [0.2, 0.25) is 0 Å². The second kappa shape index (κ2) is 12.7. The van der Waals surface area contributed by atoms with Crippen molar-refractivity contribution in [3.05, 3.63) is 132 Å². The lowest BCUT2D eigenvalue weighted by molar-refractivity contribution is -0.159. The van der Waals surface area contributed by atoms with E-state index in [0.717, 1.165) is 41.8 Å². The average molecular weight is 587 g/mol. The molecular weight excluding hydrogens is 544 g/mol. The Labute approximate surface area is 261 Å². The van der Waals surface area contributed by atoms with Gasteiger partial charge in [-0.3, -0.25) is 9.80 Å². The lowest BCUT2D eigenvalue weighted by Crippen LogP contribution is -2.45. The number of methoxy groups -OCH3 is 1. The van der Waals surface area contributed by atoms with Crippen molar-refractivity contribution < 1.29 is 14.3 Å². The molecule has 4 aromatic carbocycles. The maximum atomic E-state index is 14.7. The Bertz CT molecular complexity index is 1570. The third kappa shape index (κ3) is 5.88. The summed E-state index contributed by atoms with van der Waals surface area (Å²) in [5, 5.41) is 7.17. The SMILES string of the molecule is COc1ccc(C2=NN(c3ccccc3)[C@@H](c3ccccc3)[C@@H]2C(=O)O[C@@H]2C[C@H](C)CC[C@H]2C(C)(C)c2ccccc2)cc1. The fourth-order valence-corrected chi connectivity index (χ4v) is 7.14. The van der Waals surface area contributed by atoms with E-state index < -0.39 is 5.92 Å². The van der Waals surface area contributed by atoms with Gasteiger partial charge in [-0.1, -0.05) is 106 Å². The summed E-state index contributed by atoms with van der Waals surface area (Å²) in [6.45, 7) is 6.87. The lowest BCUT2D eigenvalue weighted by Gasteiger charge is -2.44. The van der Waals surface area contributed by atoms with Gasteiger partial charge in [0.1, 0.15) is 17.8 Å². The summed E-state index contributed by atoms with van der Waals surface area (Å²) in [6.07, 6.45) is 2.81. The molecule has 0 spiro atoms. The van der Waals surface area contributed by atoms with Crippen LogP contribution in [0.5, 0.6) is 5.75 Å². The van der Waals surface area contributed by atoms with Crippen LogP contribution in [0.1, 0.15) is 62.8 Å². The highest BCUT2D eigenvalue weighted by atomic mass is 16.5. The number of carbonyl (C=O) groups excluding carboxylic acids is 1. The molecule has 6 rings (SSSR count). The highest BCUT2D eigenvalue weighted by Crippen LogP contribution is 2.46. The summed E-state index contributed by atoms with van der Waals surface area (Å²) in [6, 6.07) is 38.4. The van der Waals surface area contributed by atoms with Crippen molar-refractivity contribution >= 4 is 17.4 Å². The largest absolute Gasteiger partial charge is 0.497 e. The molecule has 5 heteroatoms. The molecule has 226 valence electrons. The van der Waals surface area contributed by atoms with Gasteiger partial charge in [-0.2, -0.15) is 5.10 Å². The molecule has 1 fully saturated rings. The topological polar surface area (TPSA) is 51.1 Å². The number of hydrazone groups is 1. The molecule has 0 bridgehead atoms. The number of ether oxygens (including phenoxy) is 2. The molecule has 44 heavy (non-hydrogen) atoms. The van der Waals surface area contributed by atoms with Gasteiger partial charge in [0.25, 0.3) is 0 Å². The maximum absolute atomic E-state index is 14.7. The predicted molar refractivity (Wildman–Crippen MR) is 177 cm³/mol. The number of esters is 1. The van der Waals surface area contributed by atoms with Gasteiger partial charge < -0.3 is 9.47 Å². The number of rotatable bonds is 8. The summed E-state index contributed by atoms with van der Waals surface area (Å²) in [5.41, 5.74) is 4.66. The van der Waals surface area contributed by atoms with Gasteiger partial charge in [-0.25, -0.2) is 0 Å². The Morgan fingerprint density at radius 3 is 2.07 bits per heavy atom. The zero-order valence-corrected chi connectivity index (χ0v) is 26.1. The Hall–Kier alpha value is -4.38. The van der Waals surface area contributed by atoms with Crippen LogP contribution in [-0.2, 0) is 14.9 Å². The van der Waals surface area contributed by atoms with E-state index in [1.807, 2.05) is 77.8 Å². The molecule has 5 nitrogen and oxygen atoms in total. The van der Waals surface area contributed by atoms with E-state index >= 15 is 0 Å². The Kier molecular flexibility index (Phi) is 8.56. The molecule has 1 aliphatic heterocycles. The lowest BCUT2D eigenvalue weighted by atomic mass is 9.64. The quantitative estimate of drug-likeness (QED) is 0.194. The first-order chi connectivity index (χ1) is 21.4. The first-order valence-electron chi connectivity index (χ1n) is 15.7. The van der Waals surface area contributed by atoms with Crippen LogP contribution in [0, 0.1) is 17.8 Å². The smallest absolute Gasteiger partial charge is 0.317 e. The molecule has 4 aromatic rings. The van der Waals surface area contributed by atoms with Gasteiger partial charge in [0.15, 0.2) is 0 Å². The summed E-state index contributed by atoms with van der Waals surface area (Å²) in [4.78, 5) is 14.7. The Morgan fingerprint density at radius 1 is 0.818 bits per heavy atom. The fraction of sp³-hybridized carbons (Fsp3) is 0.333. The van der Waals surface area contributed by atoms with Crippen LogP contribution < -0.4 is 9.75 Å². The number of benzene rings is 4. The van der Waals surface area contributed by atoms with Gasteiger partial charge in [-0.05, 0) is 77.3 Å². The number of para-hydroxylation sites is 1. The molecule has 0 saturated heterocycles.